The molecule has 1 aromatic heterocycles. The number of carboxylic acid groups (broad SMARTS) is 1. The number of rotatable bonds is 2. The third-order valence-corrected chi connectivity index (χ3v) is 2.47. The second-order valence-corrected chi connectivity index (χ2v) is 3.76. The van der Waals surface area contributed by atoms with Gasteiger partial charge in [-0.05, 0) is 31.2 Å². The van der Waals surface area contributed by atoms with Crippen molar-refractivity contribution < 1.29 is 18.7 Å². The van der Waals surface area contributed by atoms with Crippen molar-refractivity contribution in [3.63, 3.8) is 0 Å². The number of pyridine rings is 1. The Morgan fingerprint density at radius 3 is 2.61 bits per heavy atom. The standard InChI is InChI=1S/C13H9F2NO2/c1-7-5-6-9(13(17)18)12(16-7)8-3-2-4-10(14)11(8)15/h2-6H,1H3,(H,17,18). The summed E-state index contributed by atoms with van der Waals surface area (Å²) in [6, 6.07) is 6.40. The Labute approximate surface area is 102 Å². The molecule has 2 aromatic rings. The van der Waals surface area contributed by atoms with Gasteiger partial charge >= 0.3 is 5.97 Å². The van der Waals surface area contributed by atoms with Gasteiger partial charge in [-0.1, -0.05) is 6.07 Å². The summed E-state index contributed by atoms with van der Waals surface area (Å²) in [4.78, 5) is 15.0. The molecule has 0 unspecified atom stereocenters. The Morgan fingerprint density at radius 1 is 1.22 bits per heavy atom. The van der Waals surface area contributed by atoms with Gasteiger partial charge in [0.2, 0.25) is 0 Å². The molecule has 0 aliphatic carbocycles. The Kier molecular flexibility index (Phi) is 3.06. The summed E-state index contributed by atoms with van der Waals surface area (Å²) in [6.07, 6.45) is 0. The monoisotopic (exact) mass is 249 g/mol. The number of benzene rings is 1. The summed E-state index contributed by atoms with van der Waals surface area (Å²) >= 11 is 0. The van der Waals surface area contributed by atoms with Crippen LogP contribution in [0.25, 0.3) is 11.3 Å². The van der Waals surface area contributed by atoms with Crippen LogP contribution in [0.15, 0.2) is 30.3 Å². The highest BCUT2D eigenvalue weighted by molar-refractivity contribution is 5.94. The molecule has 0 saturated carbocycles. The molecular formula is C13H9F2NO2. The molecule has 0 spiro atoms. The molecule has 0 aliphatic heterocycles. The quantitative estimate of drug-likeness (QED) is 0.889. The van der Waals surface area contributed by atoms with Crippen molar-refractivity contribution in [3.05, 3.63) is 53.2 Å². The van der Waals surface area contributed by atoms with Crippen molar-refractivity contribution in [2.45, 2.75) is 6.92 Å². The molecule has 1 heterocycles. The summed E-state index contributed by atoms with van der Waals surface area (Å²) in [6.45, 7) is 1.65. The highest BCUT2D eigenvalue weighted by Gasteiger charge is 2.18. The number of carbonyl (C=O) groups is 1. The third-order valence-electron chi connectivity index (χ3n) is 2.47. The number of hydrogen-bond acceptors (Lipinski definition) is 2. The lowest BCUT2D eigenvalue weighted by Gasteiger charge is -2.08. The minimum atomic E-state index is -1.24. The van der Waals surface area contributed by atoms with E-state index >= 15 is 0 Å². The second-order valence-electron chi connectivity index (χ2n) is 3.76. The van der Waals surface area contributed by atoms with Crippen LogP contribution in [0.5, 0.6) is 0 Å². The zero-order chi connectivity index (χ0) is 13.3. The van der Waals surface area contributed by atoms with E-state index in [0.717, 1.165) is 6.07 Å². The molecular weight excluding hydrogens is 240 g/mol. The minimum absolute atomic E-state index is 0.0699. The predicted octanol–water partition coefficient (Wildman–Crippen LogP) is 3.03. The van der Waals surface area contributed by atoms with Crippen LogP contribution in [0.4, 0.5) is 8.78 Å². The predicted molar refractivity (Wildman–Crippen MR) is 61.3 cm³/mol. The van der Waals surface area contributed by atoms with Crippen LogP contribution in [0, 0.1) is 18.6 Å². The van der Waals surface area contributed by atoms with E-state index in [1.807, 2.05) is 0 Å². The molecule has 0 bridgehead atoms. The fourth-order valence-corrected chi connectivity index (χ4v) is 1.62. The summed E-state index contributed by atoms with van der Waals surface area (Å²) in [5.74, 6) is -3.37. The van der Waals surface area contributed by atoms with E-state index in [1.54, 1.807) is 6.92 Å². The molecule has 1 aromatic carbocycles. The van der Waals surface area contributed by atoms with Gasteiger partial charge in [-0.25, -0.2) is 13.6 Å². The average Bonchev–Trinajstić information content (AvgIpc) is 2.32. The molecule has 2 rings (SSSR count). The van der Waals surface area contributed by atoms with E-state index in [1.165, 1.54) is 24.3 Å². The van der Waals surface area contributed by atoms with Gasteiger partial charge in [0.1, 0.15) is 0 Å². The normalized spacial score (nSPS) is 10.4. The van der Waals surface area contributed by atoms with E-state index in [0.29, 0.717) is 5.69 Å². The van der Waals surface area contributed by atoms with Gasteiger partial charge in [0.15, 0.2) is 11.6 Å². The van der Waals surface area contributed by atoms with Gasteiger partial charge < -0.3 is 5.11 Å². The summed E-state index contributed by atoms with van der Waals surface area (Å²) in [7, 11) is 0. The Balaban J connectivity index is 2.73. The minimum Gasteiger partial charge on any atom is -0.478 e. The van der Waals surface area contributed by atoms with Crippen LogP contribution in [0.2, 0.25) is 0 Å². The van der Waals surface area contributed by atoms with Crippen LogP contribution in [-0.2, 0) is 0 Å². The van der Waals surface area contributed by atoms with Crippen LogP contribution < -0.4 is 0 Å². The largest absolute Gasteiger partial charge is 0.478 e. The topological polar surface area (TPSA) is 50.2 Å². The SMILES string of the molecule is Cc1ccc(C(=O)O)c(-c2cccc(F)c2F)n1. The van der Waals surface area contributed by atoms with Crippen molar-refractivity contribution >= 4 is 5.97 Å². The molecule has 1 N–H and O–H groups in total. The first kappa shape index (κ1) is 12.2. The lowest BCUT2D eigenvalue weighted by Crippen LogP contribution is -2.04. The molecule has 0 aliphatic rings. The maximum absolute atomic E-state index is 13.7. The van der Waals surface area contributed by atoms with Crippen LogP contribution in [0.1, 0.15) is 16.1 Å². The number of aromatic carboxylic acids is 1. The summed E-state index contributed by atoms with van der Waals surface area (Å²) in [5, 5.41) is 9.02. The molecule has 3 nitrogen and oxygen atoms in total. The molecule has 5 heteroatoms. The fourth-order valence-electron chi connectivity index (χ4n) is 1.62. The Hall–Kier alpha value is -2.30. The van der Waals surface area contributed by atoms with Gasteiger partial charge in [0.25, 0.3) is 0 Å². The molecule has 92 valence electrons. The molecule has 18 heavy (non-hydrogen) atoms. The van der Waals surface area contributed by atoms with E-state index in [2.05, 4.69) is 4.98 Å². The number of aromatic nitrogens is 1. The maximum atomic E-state index is 13.7. The van der Waals surface area contributed by atoms with Crippen molar-refractivity contribution in [3.8, 4) is 11.3 Å². The van der Waals surface area contributed by atoms with Crippen LogP contribution in [0.3, 0.4) is 0 Å². The van der Waals surface area contributed by atoms with Gasteiger partial charge in [0.05, 0.1) is 11.3 Å². The number of aryl methyl sites for hydroxylation is 1. The van der Waals surface area contributed by atoms with Gasteiger partial charge in [-0.3, -0.25) is 4.98 Å². The van der Waals surface area contributed by atoms with E-state index in [4.69, 9.17) is 5.11 Å². The average molecular weight is 249 g/mol. The van der Waals surface area contributed by atoms with E-state index in [-0.39, 0.29) is 16.8 Å². The first-order valence-corrected chi connectivity index (χ1v) is 5.16. The first-order valence-electron chi connectivity index (χ1n) is 5.16. The zero-order valence-electron chi connectivity index (χ0n) is 9.45. The number of hydrogen-bond donors (Lipinski definition) is 1. The lowest BCUT2D eigenvalue weighted by atomic mass is 10.0. The lowest BCUT2D eigenvalue weighted by molar-refractivity contribution is 0.0697. The Bertz CT molecular complexity index is 626. The fraction of sp³-hybridized carbons (Fsp3) is 0.0769. The summed E-state index contributed by atoms with van der Waals surface area (Å²) < 4.78 is 26.8. The van der Waals surface area contributed by atoms with Crippen molar-refractivity contribution in [1.29, 1.82) is 0 Å². The maximum Gasteiger partial charge on any atom is 0.337 e. The summed E-state index contributed by atoms with van der Waals surface area (Å²) in [5.41, 5.74) is 0.138. The second kappa shape index (κ2) is 4.52. The highest BCUT2D eigenvalue weighted by atomic mass is 19.2. The number of nitrogens with zero attached hydrogens (tertiary/aromatic N) is 1. The number of halogens is 2. The van der Waals surface area contributed by atoms with E-state index < -0.39 is 17.6 Å². The molecule has 0 saturated heterocycles. The molecule has 0 atom stereocenters. The van der Waals surface area contributed by atoms with Gasteiger partial charge in [-0.2, -0.15) is 0 Å². The highest BCUT2D eigenvalue weighted by Crippen LogP contribution is 2.26. The third kappa shape index (κ3) is 2.07. The smallest absolute Gasteiger partial charge is 0.337 e. The van der Waals surface area contributed by atoms with Gasteiger partial charge in [-0.15, -0.1) is 0 Å². The Morgan fingerprint density at radius 2 is 1.94 bits per heavy atom. The van der Waals surface area contributed by atoms with E-state index in [9.17, 15) is 13.6 Å². The van der Waals surface area contributed by atoms with Crippen molar-refractivity contribution in [1.82, 2.24) is 4.98 Å². The van der Waals surface area contributed by atoms with Crippen LogP contribution >= 0.6 is 0 Å². The molecule has 0 fully saturated rings. The van der Waals surface area contributed by atoms with Gasteiger partial charge in [0, 0.05) is 11.3 Å². The van der Waals surface area contributed by atoms with Crippen molar-refractivity contribution in [2.75, 3.05) is 0 Å². The first-order chi connectivity index (χ1) is 8.50. The molecule has 0 amide bonds. The number of carboxylic acids is 1. The van der Waals surface area contributed by atoms with Crippen LogP contribution in [-0.4, -0.2) is 16.1 Å². The van der Waals surface area contributed by atoms with Crippen molar-refractivity contribution in [2.24, 2.45) is 0 Å². The molecule has 0 radical (unpaired) electrons. The zero-order valence-corrected chi connectivity index (χ0v) is 9.45.